The standard InChI is InChI=1S/C27H43NO7.C22H35NO5.ClH/c1-26(2,3)34-24(29)23-18-22(19-28(23)25(30)35-27(4,5)6)33-17-11-15-31-14-10-16-32-20-21-12-8-7-9-13-21;1-22(2,3)28-21(24)20-15-19(16-23-20)27-14-8-12-25-11-7-13-26-17-18-9-5-4-6-10-18;/h7-9,12-13,22-23H,10-11,14-20H2,1-6H3;4-6,9-10,19-20,23H,7-8,11-17H2,1-3H3;1H/t22-,23+;19-,20+;/m11./s1. The lowest BCUT2D eigenvalue weighted by atomic mass is 10.1. The predicted octanol–water partition coefficient (Wildman–Crippen LogP) is 8.25. The number of likely N-dealkylation sites (tertiary alicyclic amines) is 1. The Bertz CT molecular complexity index is 1530. The third-order valence-corrected chi connectivity index (χ3v) is 9.30. The Morgan fingerprint density at radius 1 is 0.547 bits per heavy atom. The highest BCUT2D eigenvalue weighted by molar-refractivity contribution is 5.85. The number of nitrogens with zero attached hydrogens (tertiary/aromatic N) is 1. The third-order valence-electron chi connectivity index (χ3n) is 9.30. The molecule has 1 N–H and O–H groups in total. The Kier molecular flexibility index (Phi) is 26.7. The van der Waals surface area contributed by atoms with Gasteiger partial charge in [-0.1, -0.05) is 60.7 Å². The van der Waals surface area contributed by atoms with Crippen molar-refractivity contribution in [1.82, 2.24) is 10.2 Å². The second kappa shape index (κ2) is 30.0. The van der Waals surface area contributed by atoms with Crippen molar-refractivity contribution in [2.45, 2.75) is 155 Å². The number of carbonyl (C=O) groups is 3. The van der Waals surface area contributed by atoms with Gasteiger partial charge in [-0.25, -0.2) is 9.59 Å². The lowest BCUT2D eigenvalue weighted by Crippen LogP contribution is -2.45. The van der Waals surface area contributed by atoms with E-state index < -0.39 is 34.9 Å². The molecule has 0 aromatic heterocycles. The van der Waals surface area contributed by atoms with E-state index in [2.05, 4.69) is 17.4 Å². The molecule has 2 fully saturated rings. The van der Waals surface area contributed by atoms with Crippen LogP contribution in [0.3, 0.4) is 0 Å². The molecule has 0 radical (unpaired) electrons. The molecule has 2 saturated heterocycles. The predicted molar refractivity (Wildman–Crippen MR) is 248 cm³/mol. The van der Waals surface area contributed by atoms with Crippen LogP contribution < -0.4 is 5.32 Å². The molecule has 2 aromatic carbocycles. The Balaban J connectivity index is 0.000000444. The van der Waals surface area contributed by atoms with Crippen LogP contribution in [0.25, 0.3) is 0 Å². The average Bonchev–Trinajstić information content (AvgIpc) is 3.87. The van der Waals surface area contributed by atoms with Gasteiger partial charge < -0.3 is 47.9 Å². The summed E-state index contributed by atoms with van der Waals surface area (Å²) in [6.07, 6.45) is 3.61. The van der Waals surface area contributed by atoms with Gasteiger partial charge in [0.25, 0.3) is 0 Å². The van der Waals surface area contributed by atoms with Gasteiger partial charge in [-0.2, -0.15) is 0 Å². The molecular formula is C49H79ClN2O12. The van der Waals surface area contributed by atoms with E-state index in [-0.39, 0.29) is 36.6 Å². The summed E-state index contributed by atoms with van der Waals surface area (Å²) in [5.74, 6) is -0.635. The SMILES string of the molecule is CC(C)(C)OC(=O)[C@@H]1C[C@@H](OCCCOCCCOCc2ccccc2)CN1.CC(C)(C)OC(=O)[C@@H]1C[C@@H](OCCCOCCCOCc2ccccc2)CN1C(=O)OC(C)(C)C.Cl. The first-order chi connectivity index (χ1) is 29.9. The largest absolute Gasteiger partial charge is 0.459 e. The van der Waals surface area contributed by atoms with Gasteiger partial charge in [0.1, 0.15) is 28.9 Å². The van der Waals surface area contributed by atoms with Crippen LogP contribution in [0.2, 0.25) is 0 Å². The van der Waals surface area contributed by atoms with E-state index >= 15 is 0 Å². The first-order valence-corrected chi connectivity index (χ1v) is 22.7. The zero-order valence-corrected chi connectivity index (χ0v) is 40.9. The summed E-state index contributed by atoms with van der Waals surface area (Å²) >= 11 is 0. The zero-order chi connectivity index (χ0) is 46.1. The van der Waals surface area contributed by atoms with Crippen LogP contribution in [0.1, 0.15) is 112 Å². The van der Waals surface area contributed by atoms with Crippen molar-refractivity contribution in [2.24, 2.45) is 0 Å². The second-order valence-electron chi connectivity index (χ2n) is 18.8. The zero-order valence-electron chi connectivity index (χ0n) is 40.1. The fraction of sp³-hybridized carbons (Fsp3) is 0.694. The van der Waals surface area contributed by atoms with Gasteiger partial charge in [-0.05, 0) is 99.1 Å². The van der Waals surface area contributed by atoms with E-state index in [4.69, 9.17) is 42.6 Å². The van der Waals surface area contributed by atoms with Crippen LogP contribution in [0.4, 0.5) is 4.79 Å². The number of hydrogen-bond donors (Lipinski definition) is 1. The summed E-state index contributed by atoms with van der Waals surface area (Å²) in [5, 5.41) is 3.18. The van der Waals surface area contributed by atoms with Gasteiger partial charge in [0.05, 0.1) is 32.0 Å². The van der Waals surface area contributed by atoms with E-state index in [0.717, 1.165) is 31.2 Å². The average molecular weight is 924 g/mol. The summed E-state index contributed by atoms with van der Waals surface area (Å²) < 4.78 is 50.8. The topological polar surface area (TPSA) is 150 Å². The van der Waals surface area contributed by atoms with Crippen molar-refractivity contribution in [1.29, 1.82) is 0 Å². The highest BCUT2D eigenvalue weighted by atomic mass is 35.5. The van der Waals surface area contributed by atoms with Crippen molar-refractivity contribution < 1.29 is 57.0 Å². The fourth-order valence-corrected chi connectivity index (χ4v) is 6.50. The van der Waals surface area contributed by atoms with Crippen LogP contribution in [-0.4, -0.2) is 130 Å². The maximum absolute atomic E-state index is 12.7. The maximum Gasteiger partial charge on any atom is 0.411 e. The number of benzene rings is 2. The third kappa shape index (κ3) is 26.0. The molecule has 64 heavy (non-hydrogen) atoms. The lowest BCUT2D eigenvalue weighted by molar-refractivity contribution is -0.160. The second-order valence-corrected chi connectivity index (χ2v) is 18.8. The molecule has 364 valence electrons. The van der Waals surface area contributed by atoms with Crippen LogP contribution in [-0.2, 0) is 65.4 Å². The van der Waals surface area contributed by atoms with Crippen molar-refractivity contribution in [2.75, 3.05) is 65.9 Å². The molecule has 4 atom stereocenters. The number of halogens is 1. The molecule has 1 amide bonds. The molecular weight excluding hydrogens is 844 g/mol. The summed E-state index contributed by atoms with van der Waals surface area (Å²) in [6, 6.07) is 19.3. The molecule has 0 saturated carbocycles. The maximum atomic E-state index is 12.7. The Labute approximate surface area is 389 Å². The minimum Gasteiger partial charge on any atom is -0.459 e. The summed E-state index contributed by atoms with van der Waals surface area (Å²) in [6.45, 7) is 23.7. The van der Waals surface area contributed by atoms with Gasteiger partial charge in [0.15, 0.2) is 0 Å². The van der Waals surface area contributed by atoms with Gasteiger partial charge in [0.2, 0.25) is 0 Å². The van der Waals surface area contributed by atoms with Gasteiger partial charge in [0, 0.05) is 72.2 Å². The van der Waals surface area contributed by atoms with E-state index in [0.29, 0.717) is 92.0 Å². The molecule has 2 aliphatic heterocycles. The first kappa shape index (κ1) is 56.8. The van der Waals surface area contributed by atoms with Crippen molar-refractivity contribution >= 4 is 30.4 Å². The smallest absolute Gasteiger partial charge is 0.411 e. The van der Waals surface area contributed by atoms with Gasteiger partial charge in [-0.3, -0.25) is 9.69 Å². The van der Waals surface area contributed by atoms with E-state index in [9.17, 15) is 14.4 Å². The molecule has 0 unspecified atom stereocenters. The Hall–Kier alpha value is -3.34. The van der Waals surface area contributed by atoms with Crippen LogP contribution in [0, 0.1) is 0 Å². The molecule has 14 nitrogen and oxygen atoms in total. The van der Waals surface area contributed by atoms with Gasteiger partial charge >= 0.3 is 18.0 Å². The minimum absolute atomic E-state index is 0. The molecule has 2 aromatic rings. The van der Waals surface area contributed by atoms with E-state index in [1.165, 1.54) is 10.5 Å². The van der Waals surface area contributed by atoms with Gasteiger partial charge in [-0.15, -0.1) is 12.4 Å². The number of carbonyl (C=O) groups excluding carboxylic acids is 3. The van der Waals surface area contributed by atoms with E-state index in [1.807, 2.05) is 69.3 Å². The Morgan fingerprint density at radius 2 is 0.969 bits per heavy atom. The molecule has 15 heteroatoms. The van der Waals surface area contributed by atoms with Crippen LogP contribution in [0.15, 0.2) is 60.7 Å². The quantitative estimate of drug-likeness (QED) is 0.0613. The lowest BCUT2D eigenvalue weighted by Gasteiger charge is -2.29. The normalized spacial score (nSPS) is 18.7. The Morgan fingerprint density at radius 3 is 1.44 bits per heavy atom. The van der Waals surface area contributed by atoms with Crippen LogP contribution >= 0.6 is 12.4 Å². The number of rotatable bonds is 24. The summed E-state index contributed by atoms with van der Waals surface area (Å²) in [7, 11) is 0. The summed E-state index contributed by atoms with van der Waals surface area (Å²) in [5.41, 5.74) is 0.604. The number of nitrogens with one attached hydrogen (secondary N) is 1. The number of hydrogen-bond acceptors (Lipinski definition) is 13. The molecule has 0 bridgehead atoms. The van der Waals surface area contributed by atoms with Crippen molar-refractivity contribution in [3.8, 4) is 0 Å². The highest BCUT2D eigenvalue weighted by Crippen LogP contribution is 2.26. The minimum atomic E-state index is -0.721. The van der Waals surface area contributed by atoms with Crippen molar-refractivity contribution in [3.05, 3.63) is 71.8 Å². The van der Waals surface area contributed by atoms with Crippen LogP contribution in [0.5, 0.6) is 0 Å². The number of ether oxygens (including phenoxy) is 9. The number of esters is 2. The monoisotopic (exact) mass is 923 g/mol. The molecule has 0 spiro atoms. The molecule has 0 aliphatic carbocycles. The molecule has 2 heterocycles. The molecule has 2 aliphatic rings. The summed E-state index contributed by atoms with van der Waals surface area (Å²) in [4.78, 5) is 38.9. The first-order valence-electron chi connectivity index (χ1n) is 22.7. The number of amides is 1. The van der Waals surface area contributed by atoms with Crippen molar-refractivity contribution in [3.63, 3.8) is 0 Å². The molecule has 4 rings (SSSR count). The highest BCUT2D eigenvalue weighted by Gasteiger charge is 2.44. The fourth-order valence-electron chi connectivity index (χ4n) is 6.50. The van der Waals surface area contributed by atoms with E-state index in [1.54, 1.807) is 41.5 Å².